The minimum atomic E-state index is -0.332. The van der Waals surface area contributed by atoms with Crippen LogP contribution in [0.2, 0.25) is 0 Å². The van der Waals surface area contributed by atoms with E-state index < -0.39 is 0 Å². The molecule has 0 saturated carbocycles. The van der Waals surface area contributed by atoms with Gasteiger partial charge in [-0.15, -0.1) is 0 Å². The van der Waals surface area contributed by atoms with Gasteiger partial charge in [0.25, 0.3) is 0 Å². The van der Waals surface area contributed by atoms with E-state index in [2.05, 4.69) is 4.98 Å². The maximum Gasteiger partial charge on any atom is 0.228 e. The smallest absolute Gasteiger partial charge is 0.228 e. The van der Waals surface area contributed by atoms with Crippen LogP contribution in [-0.4, -0.2) is 44.8 Å². The number of imidazole rings is 1. The number of piperidine rings is 1. The Morgan fingerprint density at radius 3 is 2.81 bits per heavy atom. The van der Waals surface area contributed by atoms with Crippen LogP contribution in [0.15, 0.2) is 29.1 Å². The molecule has 0 bridgehead atoms. The first-order chi connectivity index (χ1) is 12.4. The number of aryl methyl sites for hydroxylation is 2. The number of furan rings is 1. The molecule has 2 aromatic rings. The van der Waals surface area contributed by atoms with Crippen molar-refractivity contribution >= 4 is 11.8 Å². The molecule has 0 aliphatic carbocycles. The predicted octanol–water partition coefficient (Wildman–Crippen LogP) is 2.28. The Morgan fingerprint density at radius 1 is 1.46 bits per heavy atom. The van der Waals surface area contributed by atoms with E-state index in [0.29, 0.717) is 25.9 Å². The molecule has 2 atom stereocenters. The Kier molecular flexibility index (Phi) is 5.15. The van der Waals surface area contributed by atoms with Gasteiger partial charge in [0, 0.05) is 51.6 Å². The fraction of sp³-hybridized carbons (Fsp3) is 0.526. The van der Waals surface area contributed by atoms with E-state index in [4.69, 9.17) is 4.42 Å². The quantitative estimate of drug-likeness (QED) is 0.822. The van der Waals surface area contributed by atoms with Crippen LogP contribution in [-0.2, 0) is 23.2 Å². The molecule has 3 rings (SSSR count). The Bertz CT molecular complexity index is 794. The third kappa shape index (κ3) is 3.25. The SMILES string of the molecule is CCN1C(=O)CC[C@H](C(=O)N(C)Cc2ccoc2C)[C@H]1c1nccn1C. The van der Waals surface area contributed by atoms with E-state index in [0.717, 1.165) is 17.1 Å². The number of amides is 2. The summed E-state index contributed by atoms with van der Waals surface area (Å²) in [6.45, 7) is 4.89. The minimum absolute atomic E-state index is 0.0320. The van der Waals surface area contributed by atoms with Gasteiger partial charge in [-0.25, -0.2) is 4.98 Å². The van der Waals surface area contributed by atoms with Crippen LogP contribution in [0.5, 0.6) is 0 Å². The molecular weight excluding hydrogens is 332 g/mol. The van der Waals surface area contributed by atoms with Gasteiger partial charge in [0.05, 0.1) is 12.2 Å². The minimum Gasteiger partial charge on any atom is -0.469 e. The second-order valence-electron chi connectivity index (χ2n) is 6.86. The molecule has 7 nitrogen and oxygen atoms in total. The van der Waals surface area contributed by atoms with Crippen LogP contribution in [0.4, 0.5) is 0 Å². The van der Waals surface area contributed by atoms with Crippen molar-refractivity contribution in [2.45, 2.75) is 39.3 Å². The number of aromatic nitrogens is 2. The van der Waals surface area contributed by atoms with Gasteiger partial charge < -0.3 is 18.8 Å². The van der Waals surface area contributed by atoms with Crippen LogP contribution in [0.3, 0.4) is 0 Å². The lowest BCUT2D eigenvalue weighted by molar-refractivity contribution is -0.147. The summed E-state index contributed by atoms with van der Waals surface area (Å²) < 4.78 is 7.23. The zero-order chi connectivity index (χ0) is 18.8. The van der Waals surface area contributed by atoms with Crippen molar-refractivity contribution in [2.75, 3.05) is 13.6 Å². The molecule has 0 N–H and O–H groups in total. The van der Waals surface area contributed by atoms with Gasteiger partial charge in [0.1, 0.15) is 17.6 Å². The molecule has 1 saturated heterocycles. The number of hydrogen-bond donors (Lipinski definition) is 0. The maximum absolute atomic E-state index is 13.2. The van der Waals surface area contributed by atoms with Gasteiger partial charge in [-0.3, -0.25) is 9.59 Å². The summed E-state index contributed by atoms with van der Waals surface area (Å²) in [7, 11) is 3.70. The summed E-state index contributed by atoms with van der Waals surface area (Å²) in [4.78, 5) is 33.6. The molecule has 1 fully saturated rings. The normalized spacial score (nSPS) is 20.5. The van der Waals surface area contributed by atoms with Crippen LogP contribution in [0.25, 0.3) is 0 Å². The molecule has 0 unspecified atom stereocenters. The van der Waals surface area contributed by atoms with Crippen molar-refractivity contribution in [3.8, 4) is 0 Å². The lowest BCUT2D eigenvalue weighted by Gasteiger charge is -2.40. The number of nitrogens with zero attached hydrogens (tertiary/aromatic N) is 4. The summed E-state index contributed by atoms with van der Waals surface area (Å²) >= 11 is 0. The van der Waals surface area contributed by atoms with E-state index >= 15 is 0 Å². The molecule has 1 aliphatic rings. The predicted molar refractivity (Wildman–Crippen MR) is 96.0 cm³/mol. The van der Waals surface area contributed by atoms with Crippen molar-refractivity contribution in [3.63, 3.8) is 0 Å². The Balaban J connectivity index is 1.87. The number of carbonyl (C=O) groups is 2. The van der Waals surface area contributed by atoms with E-state index in [-0.39, 0.29) is 23.8 Å². The van der Waals surface area contributed by atoms with E-state index in [1.54, 1.807) is 29.3 Å². The molecule has 0 spiro atoms. The molecule has 140 valence electrons. The van der Waals surface area contributed by atoms with Crippen molar-refractivity contribution in [2.24, 2.45) is 13.0 Å². The number of hydrogen-bond acceptors (Lipinski definition) is 4. The van der Waals surface area contributed by atoms with Crippen molar-refractivity contribution in [1.29, 1.82) is 0 Å². The zero-order valence-corrected chi connectivity index (χ0v) is 15.8. The fourth-order valence-corrected chi connectivity index (χ4v) is 3.76. The van der Waals surface area contributed by atoms with Gasteiger partial charge >= 0.3 is 0 Å². The van der Waals surface area contributed by atoms with E-state index in [1.807, 2.05) is 37.7 Å². The molecule has 2 amide bonds. The van der Waals surface area contributed by atoms with Gasteiger partial charge in [0.2, 0.25) is 11.8 Å². The van der Waals surface area contributed by atoms with Crippen LogP contribution in [0.1, 0.15) is 43.0 Å². The summed E-state index contributed by atoms with van der Waals surface area (Å²) in [5.74, 6) is 1.39. The van der Waals surface area contributed by atoms with Crippen LogP contribution >= 0.6 is 0 Å². The maximum atomic E-state index is 13.2. The highest BCUT2D eigenvalue weighted by Gasteiger charge is 2.42. The van der Waals surface area contributed by atoms with Crippen LogP contribution < -0.4 is 0 Å². The second-order valence-corrected chi connectivity index (χ2v) is 6.86. The first-order valence-electron chi connectivity index (χ1n) is 8.98. The Labute approximate surface area is 153 Å². The highest BCUT2D eigenvalue weighted by atomic mass is 16.3. The lowest BCUT2D eigenvalue weighted by atomic mass is 9.86. The highest BCUT2D eigenvalue weighted by molar-refractivity contribution is 5.84. The fourth-order valence-electron chi connectivity index (χ4n) is 3.76. The van der Waals surface area contributed by atoms with Crippen LogP contribution in [0, 0.1) is 12.8 Å². The average molecular weight is 358 g/mol. The zero-order valence-electron chi connectivity index (χ0n) is 15.8. The number of rotatable bonds is 5. The molecule has 3 heterocycles. The summed E-state index contributed by atoms with van der Waals surface area (Å²) in [6.07, 6.45) is 6.13. The summed E-state index contributed by atoms with van der Waals surface area (Å²) in [5.41, 5.74) is 0.994. The number of carbonyl (C=O) groups excluding carboxylic acids is 2. The molecule has 0 aromatic carbocycles. The molecule has 2 aromatic heterocycles. The largest absolute Gasteiger partial charge is 0.469 e. The van der Waals surface area contributed by atoms with Gasteiger partial charge in [-0.05, 0) is 26.3 Å². The molecule has 26 heavy (non-hydrogen) atoms. The van der Waals surface area contributed by atoms with Crippen molar-refractivity contribution in [1.82, 2.24) is 19.4 Å². The molecule has 7 heteroatoms. The van der Waals surface area contributed by atoms with E-state index in [1.165, 1.54) is 0 Å². The van der Waals surface area contributed by atoms with Gasteiger partial charge in [-0.2, -0.15) is 0 Å². The molecular formula is C19H26N4O3. The third-order valence-corrected chi connectivity index (χ3v) is 5.24. The Morgan fingerprint density at radius 2 is 2.23 bits per heavy atom. The van der Waals surface area contributed by atoms with Gasteiger partial charge in [-0.1, -0.05) is 0 Å². The van der Waals surface area contributed by atoms with Crippen molar-refractivity contribution < 1.29 is 14.0 Å². The average Bonchev–Trinajstić information content (AvgIpc) is 3.22. The van der Waals surface area contributed by atoms with Gasteiger partial charge in [0.15, 0.2) is 0 Å². The summed E-state index contributed by atoms with van der Waals surface area (Å²) in [5, 5.41) is 0. The van der Waals surface area contributed by atoms with E-state index in [9.17, 15) is 9.59 Å². The second kappa shape index (κ2) is 7.35. The number of likely N-dealkylation sites (tertiary alicyclic amines) is 1. The topological polar surface area (TPSA) is 71.6 Å². The lowest BCUT2D eigenvalue weighted by Crippen LogP contribution is -2.49. The summed E-state index contributed by atoms with van der Waals surface area (Å²) in [6, 6.07) is 1.56. The first-order valence-corrected chi connectivity index (χ1v) is 8.98. The Hall–Kier alpha value is -2.57. The first kappa shape index (κ1) is 18.2. The third-order valence-electron chi connectivity index (χ3n) is 5.24. The monoisotopic (exact) mass is 358 g/mol. The van der Waals surface area contributed by atoms with Crippen molar-refractivity contribution in [3.05, 3.63) is 41.9 Å². The standard InChI is InChI=1S/C19H26N4O3/c1-5-23-16(24)7-6-15(17(23)18-20-9-10-21(18)3)19(25)22(4)12-14-8-11-26-13(14)2/h8-11,15,17H,5-7,12H2,1-4H3/t15-,17-/m0/s1. The molecule has 1 aliphatic heterocycles. The molecule has 0 radical (unpaired) electrons. The highest BCUT2D eigenvalue weighted by Crippen LogP contribution is 2.37.